The first-order valence-corrected chi connectivity index (χ1v) is 19.8. The van der Waals surface area contributed by atoms with Crippen molar-refractivity contribution in [3.63, 3.8) is 0 Å². The van der Waals surface area contributed by atoms with Crippen molar-refractivity contribution < 1.29 is 28.9 Å². The van der Waals surface area contributed by atoms with E-state index in [1.807, 2.05) is 13.8 Å². The van der Waals surface area contributed by atoms with E-state index in [2.05, 4.69) is 38.6 Å². The van der Waals surface area contributed by atoms with Gasteiger partial charge >= 0.3 is 11.9 Å². The summed E-state index contributed by atoms with van der Waals surface area (Å²) >= 11 is 0. The van der Waals surface area contributed by atoms with Crippen molar-refractivity contribution in [2.45, 2.75) is 142 Å². The topological polar surface area (TPSA) is 82.1 Å². The highest BCUT2D eigenvalue weighted by Crippen LogP contribution is 2.46. The fourth-order valence-electron chi connectivity index (χ4n) is 9.34. The van der Waals surface area contributed by atoms with E-state index in [1.165, 1.54) is 95.5 Å². The third-order valence-electron chi connectivity index (χ3n) is 12.6. The van der Waals surface area contributed by atoms with Crippen molar-refractivity contribution in [3.05, 3.63) is 47.0 Å². The minimum Gasteiger partial charge on any atom is -0.465 e. The summed E-state index contributed by atoms with van der Waals surface area (Å²) in [6.45, 7) is 12.1. The van der Waals surface area contributed by atoms with Gasteiger partial charge in [0.15, 0.2) is 0 Å². The smallest absolute Gasteiger partial charge is 0.335 e. The van der Waals surface area contributed by atoms with Crippen molar-refractivity contribution in [2.75, 3.05) is 33.5 Å². The van der Waals surface area contributed by atoms with Crippen LogP contribution in [0.15, 0.2) is 30.4 Å². The SMILES string of the molecule is C=C(CO)C(=O)OCC(COC(=O)C(C)(C)COC)C1CCC(C2CCC(c3ccc(C4CCC(CCCCC)CC4)cc3C)CC2)CC1. The van der Waals surface area contributed by atoms with Crippen LogP contribution in [-0.2, 0) is 23.8 Å². The number of rotatable bonds is 17. The van der Waals surface area contributed by atoms with E-state index >= 15 is 0 Å². The highest BCUT2D eigenvalue weighted by atomic mass is 16.6. The number of aliphatic hydroxyl groups is 1. The van der Waals surface area contributed by atoms with Crippen molar-refractivity contribution >= 4 is 11.9 Å². The first-order chi connectivity index (χ1) is 23.6. The van der Waals surface area contributed by atoms with Gasteiger partial charge in [-0.3, -0.25) is 4.79 Å². The van der Waals surface area contributed by atoms with E-state index in [1.54, 1.807) is 18.2 Å². The van der Waals surface area contributed by atoms with Gasteiger partial charge in [0, 0.05) is 13.0 Å². The molecule has 6 heteroatoms. The molecule has 1 aromatic carbocycles. The molecular weight excluding hydrogens is 612 g/mol. The lowest BCUT2D eigenvalue weighted by atomic mass is 9.66. The second-order valence-electron chi connectivity index (χ2n) is 16.7. The summed E-state index contributed by atoms with van der Waals surface area (Å²) in [6, 6.07) is 7.50. The molecule has 1 N–H and O–H groups in total. The van der Waals surface area contributed by atoms with Crippen LogP contribution in [0.4, 0.5) is 0 Å². The normalized spacial score (nSPS) is 26.9. The van der Waals surface area contributed by atoms with Gasteiger partial charge in [-0.1, -0.05) is 57.4 Å². The lowest BCUT2D eigenvalue weighted by Gasteiger charge is -2.40. The Morgan fingerprint density at radius 1 is 0.878 bits per heavy atom. The summed E-state index contributed by atoms with van der Waals surface area (Å²) in [7, 11) is 1.58. The maximum absolute atomic E-state index is 12.8. The molecule has 0 heterocycles. The standard InChI is InChI=1S/C43H68O6/c1-7-8-9-10-32-11-13-35(14-12-32)38-23-24-40(30(2)25-38)37-21-19-34(20-22-37)33-15-17-36(18-16-33)39(27-48-41(45)31(3)26-44)28-49-42(46)43(4,5)29-47-6/h23-25,32-37,39,44H,3,7-22,26-29H2,1-2,4-6H3. The van der Waals surface area contributed by atoms with Crippen LogP contribution in [0, 0.1) is 41.9 Å². The number of esters is 2. The van der Waals surface area contributed by atoms with Gasteiger partial charge < -0.3 is 19.3 Å². The third-order valence-corrected chi connectivity index (χ3v) is 12.6. The molecule has 49 heavy (non-hydrogen) atoms. The first kappa shape index (κ1) is 39.6. The predicted molar refractivity (Wildman–Crippen MR) is 197 cm³/mol. The minimum atomic E-state index is -0.745. The van der Waals surface area contributed by atoms with Crippen molar-refractivity contribution in [1.82, 2.24) is 0 Å². The number of aliphatic hydroxyl groups excluding tert-OH is 1. The van der Waals surface area contributed by atoms with Crippen molar-refractivity contribution in [3.8, 4) is 0 Å². The molecular formula is C43H68O6. The van der Waals surface area contributed by atoms with Gasteiger partial charge in [-0.15, -0.1) is 0 Å². The van der Waals surface area contributed by atoms with Crippen LogP contribution in [0.25, 0.3) is 0 Å². The minimum absolute atomic E-state index is 0.0397. The van der Waals surface area contributed by atoms with Crippen LogP contribution in [0.3, 0.4) is 0 Å². The van der Waals surface area contributed by atoms with E-state index in [-0.39, 0.29) is 37.3 Å². The van der Waals surface area contributed by atoms with E-state index in [4.69, 9.17) is 14.2 Å². The molecule has 1 aromatic rings. The summed E-state index contributed by atoms with van der Waals surface area (Å²) < 4.78 is 16.5. The number of methoxy groups -OCH3 is 1. The van der Waals surface area contributed by atoms with Gasteiger partial charge in [-0.05, 0) is 150 Å². The van der Waals surface area contributed by atoms with Crippen LogP contribution in [-0.4, -0.2) is 50.6 Å². The highest BCUT2D eigenvalue weighted by molar-refractivity contribution is 5.87. The molecule has 0 amide bonds. The quantitative estimate of drug-likeness (QED) is 0.100. The molecule has 3 aliphatic carbocycles. The Labute approximate surface area is 298 Å². The molecule has 1 atom stereocenters. The molecule has 3 saturated carbocycles. The summed E-state index contributed by atoms with van der Waals surface area (Å²) in [4.78, 5) is 25.1. The van der Waals surface area contributed by atoms with Crippen LogP contribution in [0.1, 0.15) is 152 Å². The van der Waals surface area contributed by atoms with Crippen LogP contribution in [0.2, 0.25) is 0 Å². The molecule has 6 nitrogen and oxygen atoms in total. The lowest BCUT2D eigenvalue weighted by Crippen LogP contribution is -2.36. The molecule has 0 aromatic heterocycles. The molecule has 0 spiro atoms. The Bertz CT molecular complexity index is 1180. The molecule has 276 valence electrons. The van der Waals surface area contributed by atoms with Gasteiger partial charge in [-0.2, -0.15) is 0 Å². The van der Waals surface area contributed by atoms with Gasteiger partial charge in [-0.25, -0.2) is 4.79 Å². The number of carbonyl (C=O) groups excluding carboxylic acids is 2. The van der Waals surface area contributed by atoms with Crippen molar-refractivity contribution in [2.24, 2.45) is 35.0 Å². The van der Waals surface area contributed by atoms with E-state index in [0.29, 0.717) is 11.8 Å². The lowest BCUT2D eigenvalue weighted by molar-refractivity contribution is -0.160. The Kier molecular flexibility index (Phi) is 15.7. The number of ether oxygens (including phenoxy) is 3. The molecule has 0 bridgehead atoms. The zero-order chi connectivity index (χ0) is 35.4. The molecule has 3 fully saturated rings. The van der Waals surface area contributed by atoms with Gasteiger partial charge in [0.1, 0.15) is 0 Å². The second kappa shape index (κ2) is 19.4. The average molecular weight is 681 g/mol. The third kappa shape index (κ3) is 11.4. The Morgan fingerprint density at radius 2 is 1.49 bits per heavy atom. The molecule has 3 aliphatic rings. The number of hydrogen-bond donors (Lipinski definition) is 1. The van der Waals surface area contributed by atoms with E-state index < -0.39 is 18.0 Å². The fraction of sp³-hybridized carbons (Fsp3) is 0.767. The Morgan fingerprint density at radius 3 is 2.08 bits per heavy atom. The highest BCUT2D eigenvalue weighted by Gasteiger charge is 2.36. The number of unbranched alkanes of at least 4 members (excludes halogenated alkanes) is 2. The van der Waals surface area contributed by atoms with Crippen molar-refractivity contribution in [1.29, 1.82) is 0 Å². The molecule has 0 saturated heterocycles. The number of aryl methyl sites for hydroxylation is 1. The first-order valence-electron chi connectivity index (χ1n) is 19.8. The second-order valence-corrected chi connectivity index (χ2v) is 16.7. The molecule has 1 unspecified atom stereocenters. The van der Waals surface area contributed by atoms with Crippen LogP contribution < -0.4 is 0 Å². The summed E-state index contributed by atoms with van der Waals surface area (Å²) in [5, 5.41) is 9.29. The maximum atomic E-state index is 12.8. The monoisotopic (exact) mass is 681 g/mol. The zero-order valence-corrected chi connectivity index (χ0v) is 31.6. The van der Waals surface area contributed by atoms with E-state index in [0.717, 1.165) is 36.5 Å². The maximum Gasteiger partial charge on any atom is 0.335 e. The number of hydrogen-bond acceptors (Lipinski definition) is 6. The van der Waals surface area contributed by atoms with Gasteiger partial charge in [0.2, 0.25) is 0 Å². The Hall–Kier alpha value is -2.18. The average Bonchev–Trinajstić information content (AvgIpc) is 3.11. The summed E-state index contributed by atoms with van der Waals surface area (Å²) in [5.41, 5.74) is 3.97. The summed E-state index contributed by atoms with van der Waals surface area (Å²) in [5.74, 6) is 3.25. The zero-order valence-electron chi connectivity index (χ0n) is 31.6. The van der Waals surface area contributed by atoms with Crippen LogP contribution in [0.5, 0.6) is 0 Å². The number of benzene rings is 1. The van der Waals surface area contributed by atoms with Gasteiger partial charge in [0.25, 0.3) is 0 Å². The number of carbonyl (C=O) groups is 2. The Balaban J connectivity index is 1.25. The molecule has 0 radical (unpaired) electrons. The fourth-order valence-corrected chi connectivity index (χ4v) is 9.34. The molecule has 0 aliphatic heterocycles. The summed E-state index contributed by atoms with van der Waals surface area (Å²) in [6.07, 6.45) is 20.8. The van der Waals surface area contributed by atoms with Crippen LogP contribution >= 0.6 is 0 Å². The van der Waals surface area contributed by atoms with E-state index in [9.17, 15) is 14.7 Å². The van der Waals surface area contributed by atoms with Gasteiger partial charge in [0.05, 0.1) is 37.4 Å². The predicted octanol–water partition coefficient (Wildman–Crippen LogP) is 9.85. The molecule has 4 rings (SSSR count). The largest absolute Gasteiger partial charge is 0.465 e.